The Kier molecular flexibility index (Phi) is 7.02. The molecule has 0 spiro atoms. The molecule has 10 heteroatoms. The molecule has 3 aliphatic heterocycles. The van der Waals surface area contributed by atoms with Crippen LogP contribution in [-0.4, -0.2) is 71.2 Å². The van der Waals surface area contributed by atoms with Gasteiger partial charge in [-0.1, -0.05) is 36.8 Å². The van der Waals surface area contributed by atoms with Crippen molar-refractivity contribution in [3.05, 3.63) is 35.9 Å². The number of hydrogen-bond donors (Lipinski definition) is 4. The number of amides is 4. The number of rotatable bonds is 8. The van der Waals surface area contributed by atoms with E-state index in [9.17, 15) is 29.1 Å². The van der Waals surface area contributed by atoms with Crippen LogP contribution in [0.4, 0.5) is 0 Å². The smallest absolute Gasteiger partial charge is 0.253 e. The summed E-state index contributed by atoms with van der Waals surface area (Å²) in [4.78, 5) is 66.6. The van der Waals surface area contributed by atoms with Gasteiger partial charge in [-0.15, -0.1) is 0 Å². The largest absolute Gasteiger partial charge is 0.389 e. The first-order chi connectivity index (χ1) is 17.8. The second kappa shape index (κ2) is 10.2. The van der Waals surface area contributed by atoms with Crippen LogP contribution in [0.15, 0.2) is 30.3 Å². The van der Waals surface area contributed by atoms with E-state index in [4.69, 9.17) is 0 Å². The van der Waals surface area contributed by atoms with Crippen LogP contribution in [0.1, 0.15) is 50.5 Å². The highest BCUT2D eigenvalue weighted by Crippen LogP contribution is 2.45. The SMILES string of the molecule is O=C1CCC(C(=O)N2CC3CCCC3C2C(=O)NC(CC2CCNC2=O)C(=O)CO)(c2ccccc2)N1. The number of carbonyl (C=O) groups excluding carboxylic acids is 5. The Hall–Kier alpha value is -3.27. The molecule has 4 aliphatic rings. The zero-order chi connectivity index (χ0) is 26.2. The second-order valence-corrected chi connectivity index (χ2v) is 10.8. The fourth-order valence-electron chi connectivity index (χ4n) is 6.78. The first-order valence-corrected chi connectivity index (χ1v) is 13.2. The van der Waals surface area contributed by atoms with Crippen LogP contribution in [0, 0.1) is 17.8 Å². The van der Waals surface area contributed by atoms with Gasteiger partial charge in [0, 0.05) is 25.4 Å². The lowest BCUT2D eigenvalue weighted by atomic mass is 9.86. The Morgan fingerprint density at radius 3 is 2.57 bits per heavy atom. The third-order valence-electron chi connectivity index (χ3n) is 8.68. The number of hydrogen-bond acceptors (Lipinski definition) is 6. The van der Waals surface area contributed by atoms with Gasteiger partial charge in [-0.05, 0) is 49.5 Å². The number of benzene rings is 1. The van der Waals surface area contributed by atoms with Gasteiger partial charge in [0.25, 0.3) is 5.91 Å². The predicted octanol–water partition coefficient (Wildman–Crippen LogP) is -0.00860. The van der Waals surface area contributed by atoms with E-state index in [0.29, 0.717) is 31.5 Å². The van der Waals surface area contributed by atoms with Gasteiger partial charge in [-0.25, -0.2) is 0 Å². The number of nitrogens with one attached hydrogen (secondary N) is 3. The van der Waals surface area contributed by atoms with Crippen LogP contribution in [0.25, 0.3) is 0 Å². The molecule has 1 aromatic rings. The van der Waals surface area contributed by atoms with Crippen molar-refractivity contribution >= 4 is 29.4 Å². The number of nitrogens with zero attached hydrogens (tertiary/aromatic N) is 1. The van der Waals surface area contributed by atoms with Crippen molar-refractivity contribution in [2.24, 2.45) is 17.8 Å². The minimum Gasteiger partial charge on any atom is -0.389 e. The lowest BCUT2D eigenvalue weighted by Gasteiger charge is -2.36. The highest BCUT2D eigenvalue weighted by atomic mass is 16.3. The maximum absolute atomic E-state index is 14.2. The molecule has 198 valence electrons. The van der Waals surface area contributed by atoms with Crippen LogP contribution in [0.5, 0.6) is 0 Å². The van der Waals surface area contributed by atoms with Crippen LogP contribution >= 0.6 is 0 Å². The standard InChI is InChI=1S/C27H34N4O6/c32-15-21(33)20(13-16-10-12-28-24(16)35)29-25(36)23-19-8-4-5-17(19)14-31(23)26(37)27(11-9-22(34)30-27)18-6-2-1-3-7-18/h1-3,6-7,16-17,19-20,23,32H,4-5,8-15H2,(H,28,35)(H,29,36)(H,30,34). The number of aliphatic hydroxyl groups is 1. The third-order valence-corrected chi connectivity index (χ3v) is 8.68. The fourth-order valence-corrected chi connectivity index (χ4v) is 6.78. The number of fused-ring (bicyclic) bond motifs is 1. The summed E-state index contributed by atoms with van der Waals surface area (Å²) >= 11 is 0. The maximum Gasteiger partial charge on any atom is 0.253 e. The van der Waals surface area contributed by atoms with Gasteiger partial charge in [0.2, 0.25) is 17.7 Å². The molecule has 5 rings (SSSR count). The number of aliphatic hydroxyl groups excluding tert-OH is 1. The number of carbonyl (C=O) groups is 5. The first-order valence-electron chi connectivity index (χ1n) is 13.2. The Balaban J connectivity index is 1.42. The van der Waals surface area contributed by atoms with E-state index in [-0.39, 0.29) is 42.4 Å². The fraction of sp³-hybridized carbons (Fsp3) is 0.593. The van der Waals surface area contributed by atoms with Crippen molar-refractivity contribution < 1.29 is 29.1 Å². The van der Waals surface area contributed by atoms with Crippen LogP contribution in [0.3, 0.4) is 0 Å². The lowest BCUT2D eigenvalue weighted by molar-refractivity contribution is -0.146. The van der Waals surface area contributed by atoms with Crippen molar-refractivity contribution in [3.8, 4) is 0 Å². The van der Waals surface area contributed by atoms with Crippen LogP contribution in [0.2, 0.25) is 0 Å². The van der Waals surface area contributed by atoms with E-state index in [1.165, 1.54) is 0 Å². The van der Waals surface area contributed by atoms with Crippen molar-refractivity contribution in [2.45, 2.75) is 62.6 Å². The summed E-state index contributed by atoms with van der Waals surface area (Å²) in [7, 11) is 0. The van der Waals surface area contributed by atoms with Gasteiger partial charge >= 0.3 is 0 Å². The highest BCUT2D eigenvalue weighted by Gasteiger charge is 2.56. The molecule has 6 unspecified atom stereocenters. The summed E-state index contributed by atoms with van der Waals surface area (Å²) in [5.41, 5.74) is -0.555. The average Bonchev–Trinajstić information content (AvgIpc) is 3.68. The molecule has 1 saturated carbocycles. The Bertz CT molecular complexity index is 1090. The molecule has 10 nitrogen and oxygen atoms in total. The Morgan fingerprint density at radius 1 is 1.14 bits per heavy atom. The van der Waals surface area contributed by atoms with Gasteiger partial charge in [0.1, 0.15) is 18.2 Å². The number of ketones is 1. The van der Waals surface area contributed by atoms with E-state index in [1.54, 1.807) is 4.90 Å². The first kappa shape index (κ1) is 25.4. The molecule has 1 aliphatic carbocycles. The number of Topliss-reactive ketones (excluding diaryl/α,β-unsaturated/α-hetero) is 1. The lowest BCUT2D eigenvalue weighted by Crippen LogP contribution is -2.59. The minimum absolute atomic E-state index is 0.0477. The zero-order valence-electron chi connectivity index (χ0n) is 20.8. The summed E-state index contributed by atoms with van der Waals surface area (Å²) in [5.74, 6) is -1.99. The zero-order valence-corrected chi connectivity index (χ0v) is 20.8. The molecular weight excluding hydrogens is 476 g/mol. The summed E-state index contributed by atoms with van der Waals surface area (Å²) in [6.45, 7) is 0.177. The third kappa shape index (κ3) is 4.63. The van der Waals surface area contributed by atoms with Crippen molar-refractivity contribution in [1.82, 2.24) is 20.9 Å². The van der Waals surface area contributed by atoms with Crippen molar-refractivity contribution in [3.63, 3.8) is 0 Å². The van der Waals surface area contributed by atoms with Crippen molar-refractivity contribution in [1.29, 1.82) is 0 Å². The molecule has 3 heterocycles. The molecule has 4 amide bonds. The molecule has 4 fully saturated rings. The molecule has 6 atom stereocenters. The van der Waals surface area contributed by atoms with Crippen LogP contribution < -0.4 is 16.0 Å². The van der Waals surface area contributed by atoms with E-state index in [2.05, 4.69) is 16.0 Å². The second-order valence-electron chi connectivity index (χ2n) is 10.8. The molecule has 0 radical (unpaired) electrons. The molecule has 4 N–H and O–H groups in total. The van der Waals surface area contributed by atoms with Gasteiger partial charge in [-0.2, -0.15) is 0 Å². The molecule has 1 aromatic carbocycles. The summed E-state index contributed by atoms with van der Waals surface area (Å²) in [6.07, 6.45) is 3.84. The highest BCUT2D eigenvalue weighted by molar-refractivity contribution is 5.99. The molecule has 37 heavy (non-hydrogen) atoms. The van der Waals surface area contributed by atoms with E-state index < -0.39 is 41.8 Å². The number of likely N-dealkylation sites (tertiary alicyclic amines) is 1. The monoisotopic (exact) mass is 510 g/mol. The summed E-state index contributed by atoms with van der Waals surface area (Å²) in [5, 5.41) is 18.0. The summed E-state index contributed by atoms with van der Waals surface area (Å²) < 4.78 is 0. The molecule has 3 saturated heterocycles. The van der Waals surface area contributed by atoms with Gasteiger partial charge in [-0.3, -0.25) is 24.0 Å². The van der Waals surface area contributed by atoms with Gasteiger partial charge < -0.3 is 26.0 Å². The maximum atomic E-state index is 14.2. The van der Waals surface area contributed by atoms with Crippen LogP contribution in [-0.2, 0) is 29.5 Å². The average molecular weight is 511 g/mol. The van der Waals surface area contributed by atoms with E-state index in [1.807, 2.05) is 30.3 Å². The topological polar surface area (TPSA) is 145 Å². The Labute approximate surface area is 215 Å². The molecule has 0 bridgehead atoms. The van der Waals surface area contributed by atoms with Crippen molar-refractivity contribution in [2.75, 3.05) is 19.7 Å². The van der Waals surface area contributed by atoms with Gasteiger partial charge in [0.05, 0.1) is 6.04 Å². The molecular formula is C27H34N4O6. The van der Waals surface area contributed by atoms with E-state index in [0.717, 1.165) is 19.3 Å². The quantitative estimate of drug-likeness (QED) is 0.387. The Morgan fingerprint density at radius 2 is 1.92 bits per heavy atom. The van der Waals surface area contributed by atoms with E-state index >= 15 is 0 Å². The predicted molar refractivity (Wildman–Crippen MR) is 132 cm³/mol. The minimum atomic E-state index is -1.24. The molecule has 0 aromatic heterocycles. The normalized spacial score (nSPS) is 31.5. The summed E-state index contributed by atoms with van der Waals surface area (Å²) in [6, 6.07) is 7.32. The van der Waals surface area contributed by atoms with Gasteiger partial charge in [0.15, 0.2) is 5.78 Å².